The van der Waals surface area contributed by atoms with Gasteiger partial charge in [-0.05, 0) is 17.7 Å². The molecular weight excluding hydrogens is 271 g/mol. The van der Waals surface area contributed by atoms with E-state index in [9.17, 15) is 14.5 Å². The number of non-ortho nitro benzene ring substituents is 1. The van der Waals surface area contributed by atoms with Crippen LogP contribution in [0.25, 0.3) is 0 Å². The molecule has 1 N–H and O–H groups in total. The highest BCUT2D eigenvalue weighted by atomic mass is 35.5. The third-order valence-electron chi connectivity index (χ3n) is 2.59. The number of nitrogens with one attached hydrogen (secondary N) is 1. The van der Waals surface area contributed by atoms with Gasteiger partial charge >= 0.3 is 0 Å². The van der Waals surface area contributed by atoms with E-state index in [1.807, 2.05) is 12.1 Å². The Balaban J connectivity index is 2.12. The number of hydrogen-bond acceptors (Lipinski definition) is 3. The third-order valence-corrected chi connectivity index (χ3v) is 2.96. The number of nitro benzene ring substituents is 1. The van der Waals surface area contributed by atoms with Gasteiger partial charge in [-0.25, -0.2) is 4.39 Å². The van der Waals surface area contributed by atoms with Gasteiger partial charge in [-0.2, -0.15) is 0 Å². The van der Waals surface area contributed by atoms with E-state index in [2.05, 4.69) is 5.32 Å². The van der Waals surface area contributed by atoms with E-state index in [-0.39, 0.29) is 11.4 Å². The molecule has 6 heteroatoms. The van der Waals surface area contributed by atoms with Gasteiger partial charge in [-0.1, -0.05) is 29.8 Å². The second-order valence-electron chi connectivity index (χ2n) is 3.87. The summed E-state index contributed by atoms with van der Waals surface area (Å²) in [7, 11) is 0. The topological polar surface area (TPSA) is 55.2 Å². The predicted octanol–water partition coefficient (Wildman–Crippen LogP) is 4.00. The van der Waals surface area contributed by atoms with Crippen molar-refractivity contribution in [2.24, 2.45) is 0 Å². The number of nitrogens with zero attached hydrogens (tertiary/aromatic N) is 1. The quantitative estimate of drug-likeness (QED) is 0.680. The van der Waals surface area contributed by atoms with Crippen LogP contribution in [0.3, 0.4) is 0 Å². The lowest BCUT2D eigenvalue weighted by Gasteiger charge is -2.08. The van der Waals surface area contributed by atoms with Crippen LogP contribution in [0, 0.1) is 15.9 Å². The Morgan fingerprint density at radius 2 is 2.00 bits per heavy atom. The molecule has 0 aromatic heterocycles. The second-order valence-corrected chi connectivity index (χ2v) is 4.27. The number of benzene rings is 2. The summed E-state index contributed by atoms with van der Waals surface area (Å²) in [5, 5.41) is 13.9. The van der Waals surface area contributed by atoms with Crippen LogP contribution in [-0.4, -0.2) is 4.92 Å². The minimum absolute atomic E-state index is 0.200. The monoisotopic (exact) mass is 280 g/mol. The fourth-order valence-corrected chi connectivity index (χ4v) is 1.80. The maximum atomic E-state index is 13.6. The van der Waals surface area contributed by atoms with Crippen LogP contribution < -0.4 is 5.32 Å². The van der Waals surface area contributed by atoms with Crippen molar-refractivity contribution < 1.29 is 9.31 Å². The Hall–Kier alpha value is -2.14. The lowest BCUT2D eigenvalue weighted by atomic mass is 10.2. The molecule has 0 aliphatic rings. The van der Waals surface area contributed by atoms with Crippen molar-refractivity contribution in [2.45, 2.75) is 6.54 Å². The lowest BCUT2D eigenvalue weighted by Crippen LogP contribution is -2.02. The minimum atomic E-state index is -0.666. The molecule has 0 unspecified atom stereocenters. The number of hydrogen-bond donors (Lipinski definition) is 1. The molecule has 0 fully saturated rings. The van der Waals surface area contributed by atoms with Crippen molar-refractivity contribution in [1.82, 2.24) is 0 Å². The van der Waals surface area contributed by atoms with E-state index in [4.69, 9.17) is 11.6 Å². The van der Waals surface area contributed by atoms with E-state index in [0.29, 0.717) is 11.6 Å². The summed E-state index contributed by atoms with van der Waals surface area (Å²) in [6.45, 7) is 0.342. The van der Waals surface area contributed by atoms with Gasteiger partial charge in [0.05, 0.1) is 16.7 Å². The zero-order chi connectivity index (χ0) is 13.8. The van der Waals surface area contributed by atoms with Crippen LogP contribution >= 0.6 is 11.6 Å². The van der Waals surface area contributed by atoms with Crippen LogP contribution in [0.15, 0.2) is 42.5 Å². The molecule has 0 heterocycles. The highest BCUT2D eigenvalue weighted by Gasteiger charge is 2.10. The third kappa shape index (κ3) is 3.20. The predicted molar refractivity (Wildman–Crippen MR) is 71.8 cm³/mol. The average molecular weight is 281 g/mol. The molecule has 0 radical (unpaired) electrons. The van der Waals surface area contributed by atoms with Crippen molar-refractivity contribution in [1.29, 1.82) is 0 Å². The van der Waals surface area contributed by atoms with Gasteiger partial charge in [-0.3, -0.25) is 10.1 Å². The van der Waals surface area contributed by atoms with E-state index >= 15 is 0 Å². The van der Waals surface area contributed by atoms with Gasteiger partial charge < -0.3 is 5.32 Å². The van der Waals surface area contributed by atoms with E-state index in [0.717, 1.165) is 11.6 Å². The molecule has 0 aliphatic heterocycles. The molecule has 0 saturated carbocycles. The number of nitro groups is 1. The molecule has 2 aromatic carbocycles. The first-order chi connectivity index (χ1) is 9.08. The highest BCUT2D eigenvalue weighted by Crippen LogP contribution is 2.22. The van der Waals surface area contributed by atoms with Crippen molar-refractivity contribution in [2.75, 3.05) is 5.32 Å². The Morgan fingerprint density at radius 1 is 1.26 bits per heavy atom. The summed E-state index contributed by atoms with van der Waals surface area (Å²) in [6, 6.07) is 10.7. The van der Waals surface area contributed by atoms with Gasteiger partial charge in [0.15, 0.2) is 5.82 Å². The summed E-state index contributed by atoms with van der Waals surface area (Å²) in [6.07, 6.45) is 0. The fourth-order valence-electron chi connectivity index (χ4n) is 1.59. The molecule has 2 rings (SSSR count). The van der Waals surface area contributed by atoms with E-state index in [1.54, 1.807) is 12.1 Å². The van der Waals surface area contributed by atoms with Crippen LogP contribution in [0.1, 0.15) is 5.56 Å². The highest BCUT2D eigenvalue weighted by molar-refractivity contribution is 6.31. The molecule has 0 aliphatic carbocycles. The SMILES string of the molecule is O=[N+]([O-])c1ccc(NCc2ccccc2Cl)c(F)c1. The zero-order valence-corrected chi connectivity index (χ0v) is 10.5. The standard InChI is InChI=1S/C13H10ClFN2O2/c14-11-4-2-1-3-9(11)8-16-13-6-5-10(17(18)19)7-12(13)15/h1-7,16H,8H2. The Bertz CT molecular complexity index is 619. The smallest absolute Gasteiger partial charge is 0.272 e. The van der Waals surface area contributed by atoms with Crippen molar-refractivity contribution >= 4 is 23.0 Å². The fraction of sp³-hybridized carbons (Fsp3) is 0.0769. The molecule has 4 nitrogen and oxygen atoms in total. The Kier molecular flexibility index (Phi) is 3.97. The van der Waals surface area contributed by atoms with Gasteiger partial charge in [0.1, 0.15) is 0 Å². The summed E-state index contributed by atoms with van der Waals surface area (Å²) in [5.41, 5.74) is 0.744. The first-order valence-corrected chi connectivity index (χ1v) is 5.87. The Morgan fingerprint density at radius 3 is 2.63 bits per heavy atom. The molecule has 0 atom stereocenters. The molecule has 2 aromatic rings. The average Bonchev–Trinajstić information content (AvgIpc) is 2.39. The molecule has 19 heavy (non-hydrogen) atoms. The van der Waals surface area contributed by atoms with Crippen molar-refractivity contribution in [3.8, 4) is 0 Å². The molecule has 0 amide bonds. The summed E-state index contributed by atoms with van der Waals surface area (Å²) < 4.78 is 13.6. The zero-order valence-electron chi connectivity index (χ0n) is 9.77. The van der Waals surface area contributed by atoms with Crippen LogP contribution in [0.4, 0.5) is 15.8 Å². The summed E-state index contributed by atoms with van der Waals surface area (Å²) in [5.74, 6) is -0.666. The van der Waals surface area contributed by atoms with Crippen LogP contribution in [0.5, 0.6) is 0 Å². The number of anilines is 1. The first kappa shape index (κ1) is 13.3. The molecule has 0 bridgehead atoms. The maximum absolute atomic E-state index is 13.6. The second kappa shape index (κ2) is 5.67. The normalized spacial score (nSPS) is 10.2. The number of halogens is 2. The van der Waals surface area contributed by atoms with Crippen molar-refractivity contribution in [3.05, 3.63) is 69.0 Å². The first-order valence-electron chi connectivity index (χ1n) is 5.49. The molecule has 0 spiro atoms. The largest absolute Gasteiger partial charge is 0.379 e. The van der Waals surface area contributed by atoms with Gasteiger partial charge in [-0.15, -0.1) is 0 Å². The van der Waals surface area contributed by atoms with E-state index < -0.39 is 10.7 Å². The molecule has 98 valence electrons. The molecule has 0 saturated heterocycles. The van der Waals surface area contributed by atoms with E-state index in [1.165, 1.54) is 12.1 Å². The van der Waals surface area contributed by atoms with Gasteiger partial charge in [0, 0.05) is 17.6 Å². The van der Waals surface area contributed by atoms with Crippen LogP contribution in [-0.2, 0) is 6.54 Å². The van der Waals surface area contributed by atoms with Crippen molar-refractivity contribution in [3.63, 3.8) is 0 Å². The summed E-state index contributed by atoms with van der Waals surface area (Å²) >= 11 is 5.97. The lowest BCUT2D eigenvalue weighted by molar-refractivity contribution is -0.385. The Labute approximate surface area is 114 Å². The summed E-state index contributed by atoms with van der Waals surface area (Å²) in [4.78, 5) is 9.85. The van der Waals surface area contributed by atoms with Gasteiger partial charge in [0.2, 0.25) is 0 Å². The van der Waals surface area contributed by atoms with Gasteiger partial charge in [0.25, 0.3) is 5.69 Å². The maximum Gasteiger partial charge on any atom is 0.272 e. The number of rotatable bonds is 4. The van der Waals surface area contributed by atoms with Crippen LogP contribution in [0.2, 0.25) is 5.02 Å². The minimum Gasteiger partial charge on any atom is -0.379 e. The molecular formula is C13H10ClFN2O2.